The number of ether oxygens (including phenoxy) is 1. The van der Waals surface area contributed by atoms with E-state index in [9.17, 15) is 4.79 Å². The third-order valence-electron chi connectivity index (χ3n) is 5.53. The van der Waals surface area contributed by atoms with Gasteiger partial charge in [-0.3, -0.25) is 4.79 Å². The van der Waals surface area contributed by atoms with Gasteiger partial charge in [-0.05, 0) is 61.1 Å². The molecule has 0 saturated heterocycles. The minimum atomic E-state index is -0.136. The van der Waals surface area contributed by atoms with E-state index in [2.05, 4.69) is 18.8 Å². The molecule has 0 radical (unpaired) electrons. The van der Waals surface area contributed by atoms with Crippen molar-refractivity contribution in [2.45, 2.75) is 58.1 Å². The van der Waals surface area contributed by atoms with Crippen LogP contribution in [0.2, 0.25) is 5.02 Å². The monoisotopic (exact) mass is 348 g/mol. The van der Waals surface area contributed by atoms with E-state index in [0.29, 0.717) is 16.2 Å². The molecule has 0 spiro atoms. The van der Waals surface area contributed by atoms with Gasteiger partial charge in [-0.1, -0.05) is 25.4 Å². The Morgan fingerprint density at radius 2 is 2.12 bits per heavy atom. The average molecular weight is 349 g/mol. The minimum absolute atomic E-state index is 0.136. The lowest BCUT2D eigenvalue weighted by molar-refractivity contribution is 0.0721. The zero-order valence-electron chi connectivity index (χ0n) is 14.3. The SMILES string of the molecule is CC[C@H](N)[C@]1(C)CC[C@H](Oc2cc3cc[nH]c(=O)c3cc2Cl)CC1. The van der Waals surface area contributed by atoms with Crippen molar-refractivity contribution in [3.8, 4) is 5.75 Å². The first-order chi connectivity index (χ1) is 11.4. The van der Waals surface area contributed by atoms with Crippen LogP contribution in [0.3, 0.4) is 0 Å². The Hall–Kier alpha value is -1.52. The van der Waals surface area contributed by atoms with Gasteiger partial charge in [0.2, 0.25) is 0 Å². The predicted octanol–water partition coefficient (Wildman–Crippen LogP) is 4.25. The summed E-state index contributed by atoms with van der Waals surface area (Å²) >= 11 is 6.33. The summed E-state index contributed by atoms with van der Waals surface area (Å²) < 4.78 is 6.16. The second-order valence-corrected chi connectivity index (χ2v) is 7.57. The highest BCUT2D eigenvalue weighted by Crippen LogP contribution is 2.41. The zero-order valence-corrected chi connectivity index (χ0v) is 15.0. The summed E-state index contributed by atoms with van der Waals surface area (Å²) in [5.74, 6) is 0.656. The molecule has 4 nitrogen and oxygen atoms in total. The van der Waals surface area contributed by atoms with E-state index in [0.717, 1.165) is 37.5 Å². The number of aromatic nitrogens is 1. The van der Waals surface area contributed by atoms with E-state index in [-0.39, 0.29) is 23.1 Å². The van der Waals surface area contributed by atoms with Crippen molar-refractivity contribution < 1.29 is 4.74 Å². The quantitative estimate of drug-likeness (QED) is 0.868. The van der Waals surface area contributed by atoms with Gasteiger partial charge in [0.1, 0.15) is 5.75 Å². The Morgan fingerprint density at radius 3 is 2.79 bits per heavy atom. The molecular weight excluding hydrogens is 324 g/mol. The van der Waals surface area contributed by atoms with Crippen molar-refractivity contribution >= 4 is 22.4 Å². The third kappa shape index (κ3) is 3.31. The Bertz CT molecular complexity index is 779. The molecule has 0 bridgehead atoms. The topological polar surface area (TPSA) is 68.1 Å². The van der Waals surface area contributed by atoms with Gasteiger partial charge in [0, 0.05) is 17.6 Å². The molecule has 0 aliphatic heterocycles. The average Bonchev–Trinajstić information content (AvgIpc) is 2.58. The molecule has 1 saturated carbocycles. The van der Waals surface area contributed by atoms with Gasteiger partial charge < -0.3 is 15.5 Å². The molecule has 1 aliphatic carbocycles. The largest absolute Gasteiger partial charge is 0.489 e. The highest BCUT2D eigenvalue weighted by Gasteiger charge is 2.36. The molecule has 0 amide bonds. The predicted molar refractivity (Wildman–Crippen MR) is 98.8 cm³/mol. The smallest absolute Gasteiger partial charge is 0.255 e. The highest BCUT2D eigenvalue weighted by atomic mass is 35.5. The molecule has 5 heteroatoms. The van der Waals surface area contributed by atoms with Crippen molar-refractivity contribution in [1.29, 1.82) is 0 Å². The number of hydrogen-bond acceptors (Lipinski definition) is 3. The molecule has 1 aromatic carbocycles. The lowest BCUT2D eigenvalue weighted by atomic mass is 9.69. The van der Waals surface area contributed by atoms with E-state index in [1.54, 1.807) is 12.3 Å². The van der Waals surface area contributed by atoms with Crippen molar-refractivity contribution in [3.63, 3.8) is 0 Å². The fourth-order valence-electron chi connectivity index (χ4n) is 3.69. The number of nitrogens with one attached hydrogen (secondary N) is 1. The Labute approximate surface area is 147 Å². The van der Waals surface area contributed by atoms with Gasteiger partial charge in [-0.15, -0.1) is 0 Å². The van der Waals surface area contributed by atoms with Crippen molar-refractivity contribution in [1.82, 2.24) is 4.98 Å². The Kier molecular flexibility index (Phi) is 4.88. The number of rotatable bonds is 4. The summed E-state index contributed by atoms with van der Waals surface area (Å²) in [6.45, 7) is 4.43. The van der Waals surface area contributed by atoms with Crippen LogP contribution in [0, 0.1) is 5.41 Å². The Balaban J connectivity index is 1.75. The molecule has 24 heavy (non-hydrogen) atoms. The van der Waals surface area contributed by atoms with Crippen LogP contribution in [-0.4, -0.2) is 17.1 Å². The fraction of sp³-hybridized carbons (Fsp3) is 0.526. The zero-order chi connectivity index (χ0) is 17.3. The van der Waals surface area contributed by atoms with Gasteiger partial charge >= 0.3 is 0 Å². The summed E-state index contributed by atoms with van der Waals surface area (Å²) in [5, 5.41) is 1.91. The number of pyridine rings is 1. The first kappa shape index (κ1) is 17.3. The molecule has 1 aromatic heterocycles. The minimum Gasteiger partial charge on any atom is -0.489 e. The van der Waals surface area contributed by atoms with Crippen molar-refractivity contribution in [2.24, 2.45) is 11.1 Å². The van der Waals surface area contributed by atoms with Crippen LogP contribution >= 0.6 is 11.6 Å². The van der Waals surface area contributed by atoms with Crippen molar-refractivity contribution in [2.75, 3.05) is 0 Å². The van der Waals surface area contributed by atoms with Gasteiger partial charge in [-0.2, -0.15) is 0 Å². The number of H-pyrrole nitrogens is 1. The summed E-state index contributed by atoms with van der Waals surface area (Å²) in [4.78, 5) is 14.5. The summed E-state index contributed by atoms with van der Waals surface area (Å²) in [5.41, 5.74) is 6.35. The number of nitrogens with two attached hydrogens (primary N) is 1. The summed E-state index contributed by atoms with van der Waals surface area (Å²) in [6.07, 6.45) is 6.89. The number of aromatic amines is 1. The second-order valence-electron chi connectivity index (χ2n) is 7.16. The summed E-state index contributed by atoms with van der Waals surface area (Å²) in [6, 6.07) is 5.65. The maximum Gasteiger partial charge on any atom is 0.255 e. The van der Waals surface area contributed by atoms with E-state index in [4.69, 9.17) is 22.1 Å². The fourth-order valence-corrected chi connectivity index (χ4v) is 3.90. The second kappa shape index (κ2) is 6.77. The normalized spacial score (nSPS) is 25.6. The standard InChI is InChI=1S/C19H25ClN2O2/c1-3-17(21)19(2)7-4-13(5-8-19)24-16-10-12-6-9-22-18(23)14(12)11-15(16)20/h6,9-11,13,17H,3-5,7-8,21H2,1-2H3,(H,22,23)/t13-,17-,19+/m0/s1. The van der Waals surface area contributed by atoms with E-state index in [1.165, 1.54) is 0 Å². The highest BCUT2D eigenvalue weighted by molar-refractivity contribution is 6.32. The van der Waals surface area contributed by atoms with E-state index < -0.39 is 0 Å². The van der Waals surface area contributed by atoms with E-state index >= 15 is 0 Å². The number of benzene rings is 1. The van der Waals surface area contributed by atoms with Crippen LogP contribution in [0.15, 0.2) is 29.2 Å². The maximum atomic E-state index is 11.8. The first-order valence-electron chi connectivity index (χ1n) is 8.66. The van der Waals surface area contributed by atoms with Crippen LogP contribution in [0.5, 0.6) is 5.75 Å². The molecule has 1 heterocycles. The summed E-state index contributed by atoms with van der Waals surface area (Å²) in [7, 11) is 0. The molecule has 0 unspecified atom stereocenters. The van der Waals surface area contributed by atoms with E-state index in [1.807, 2.05) is 12.1 Å². The van der Waals surface area contributed by atoms with Gasteiger partial charge in [0.25, 0.3) is 5.56 Å². The van der Waals surface area contributed by atoms with Crippen LogP contribution in [0.1, 0.15) is 46.0 Å². The lowest BCUT2D eigenvalue weighted by Crippen LogP contribution is -2.43. The number of fused-ring (bicyclic) bond motifs is 1. The number of halogens is 1. The van der Waals surface area contributed by atoms with Crippen molar-refractivity contribution in [3.05, 3.63) is 39.8 Å². The molecule has 1 fully saturated rings. The van der Waals surface area contributed by atoms with Crippen LogP contribution in [0.4, 0.5) is 0 Å². The molecular formula is C19H25ClN2O2. The molecule has 130 valence electrons. The maximum absolute atomic E-state index is 11.8. The van der Waals surface area contributed by atoms with Gasteiger partial charge in [0.15, 0.2) is 0 Å². The van der Waals surface area contributed by atoms with Crippen LogP contribution < -0.4 is 16.0 Å². The molecule has 3 N–H and O–H groups in total. The lowest BCUT2D eigenvalue weighted by Gasteiger charge is -2.41. The molecule has 2 aromatic rings. The number of hydrogen-bond donors (Lipinski definition) is 2. The van der Waals surface area contributed by atoms with Crippen LogP contribution in [0.25, 0.3) is 10.8 Å². The first-order valence-corrected chi connectivity index (χ1v) is 9.04. The Morgan fingerprint density at radius 1 is 1.42 bits per heavy atom. The molecule has 1 atom stereocenters. The molecule has 3 rings (SSSR count). The van der Waals surface area contributed by atoms with Crippen LogP contribution in [-0.2, 0) is 0 Å². The van der Waals surface area contributed by atoms with Gasteiger partial charge in [0.05, 0.1) is 11.1 Å². The molecule has 1 aliphatic rings. The van der Waals surface area contributed by atoms with Gasteiger partial charge in [-0.25, -0.2) is 0 Å². The third-order valence-corrected chi connectivity index (χ3v) is 5.82.